The first-order chi connectivity index (χ1) is 13.9. The maximum Gasteiger partial charge on any atom is 0.240 e. The first-order valence-corrected chi connectivity index (χ1v) is 11.6. The second kappa shape index (κ2) is 7.70. The molecule has 0 atom stereocenters. The number of hydrogen-bond acceptors (Lipinski definition) is 5. The van der Waals surface area contributed by atoms with Gasteiger partial charge in [-0.2, -0.15) is 0 Å². The number of amides is 1. The monoisotopic (exact) mass is 427 g/mol. The van der Waals surface area contributed by atoms with Crippen molar-refractivity contribution < 1.29 is 13.2 Å². The topological polar surface area (TPSA) is 79.4 Å². The molecule has 0 radical (unpaired) electrons. The van der Waals surface area contributed by atoms with E-state index in [1.54, 1.807) is 34.4 Å². The van der Waals surface area contributed by atoms with Crippen molar-refractivity contribution in [3.8, 4) is 11.3 Å². The van der Waals surface area contributed by atoms with Gasteiger partial charge in [-0.05, 0) is 49.7 Å². The number of nitrogens with zero attached hydrogens (tertiary/aromatic N) is 2. The number of thiazole rings is 1. The fraction of sp³-hybridized carbons (Fsp3) is 0.238. The van der Waals surface area contributed by atoms with Crippen LogP contribution in [-0.2, 0) is 27.7 Å². The Labute approximate surface area is 174 Å². The summed E-state index contributed by atoms with van der Waals surface area (Å²) >= 11 is 1.61. The minimum absolute atomic E-state index is 0.00484. The molecule has 0 saturated carbocycles. The van der Waals surface area contributed by atoms with Gasteiger partial charge in [0.15, 0.2) is 0 Å². The zero-order valence-electron chi connectivity index (χ0n) is 16.2. The van der Waals surface area contributed by atoms with Gasteiger partial charge in [0.05, 0.1) is 22.0 Å². The van der Waals surface area contributed by atoms with Crippen LogP contribution in [0.15, 0.2) is 52.7 Å². The average molecular weight is 428 g/mol. The molecule has 0 spiro atoms. The summed E-state index contributed by atoms with van der Waals surface area (Å²) in [7, 11) is -2.10. The van der Waals surface area contributed by atoms with Gasteiger partial charge in [0.25, 0.3) is 0 Å². The number of anilines is 1. The second-order valence-corrected chi connectivity index (χ2v) is 9.87. The third kappa shape index (κ3) is 3.96. The van der Waals surface area contributed by atoms with E-state index in [2.05, 4.69) is 9.71 Å². The van der Waals surface area contributed by atoms with Crippen LogP contribution in [0.5, 0.6) is 0 Å². The predicted octanol–water partition coefficient (Wildman–Crippen LogP) is 3.16. The Morgan fingerprint density at radius 3 is 2.62 bits per heavy atom. The lowest BCUT2D eigenvalue weighted by molar-refractivity contribution is -0.117. The summed E-state index contributed by atoms with van der Waals surface area (Å²) in [5.74, 6) is 0.00484. The van der Waals surface area contributed by atoms with Gasteiger partial charge in [-0.3, -0.25) is 4.79 Å². The van der Waals surface area contributed by atoms with Crippen LogP contribution in [0.4, 0.5) is 5.69 Å². The zero-order chi connectivity index (χ0) is 20.6. The number of carbonyl (C=O) groups is 1. The number of hydrogen-bond donors (Lipinski definition) is 1. The molecule has 0 unspecified atom stereocenters. The minimum atomic E-state index is -3.49. The molecule has 4 rings (SSSR count). The molecule has 6 nitrogen and oxygen atoms in total. The third-order valence-electron chi connectivity index (χ3n) is 5.05. The first kappa shape index (κ1) is 19.8. The van der Waals surface area contributed by atoms with Crippen molar-refractivity contribution in [3.63, 3.8) is 0 Å². The SMILES string of the molecule is CNS(=O)(=O)c1ccc2c(c1)CCN2C(=O)Cc1ccc(-c2csc(C)n2)cc1. The first-order valence-electron chi connectivity index (χ1n) is 9.25. The van der Waals surface area contributed by atoms with Crippen LogP contribution in [-0.4, -0.2) is 32.9 Å². The quantitative estimate of drug-likeness (QED) is 0.678. The lowest BCUT2D eigenvalue weighted by Gasteiger charge is -2.18. The zero-order valence-corrected chi connectivity index (χ0v) is 17.8. The molecular weight excluding hydrogens is 406 g/mol. The molecule has 0 saturated heterocycles. The van der Waals surface area contributed by atoms with Crippen LogP contribution in [0.3, 0.4) is 0 Å². The van der Waals surface area contributed by atoms with Gasteiger partial charge in [0, 0.05) is 23.2 Å². The van der Waals surface area contributed by atoms with E-state index in [9.17, 15) is 13.2 Å². The summed E-state index contributed by atoms with van der Waals surface area (Å²) < 4.78 is 26.3. The highest BCUT2D eigenvalue weighted by Gasteiger charge is 2.26. The molecule has 3 aromatic rings. The van der Waals surface area contributed by atoms with Crippen LogP contribution >= 0.6 is 11.3 Å². The Hall–Kier alpha value is -2.55. The van der Waals surface area contributed by atoms with Gasteiger partial charge in [-0.15, -0.1) is 11.3 Å². The van der Waals surface area contributed by atoms with E-state index in [1.165, 1.54) is 7.05 Å². The molecular formula is C21H21N3O3S2. The predicted molar refractivity (Wildman–Crippen MR) is 115 cm³/mol. The van der Waals surface area contributed by atoms with E-state index in [0.29, 0.717) is 19.4 Å². The van der Waals surface area contributed by atoms with Crippen LogP contribution in [0.1, 0.15) is 16.1 Å². The number of aromatic nitrogens is 1. The summed E-state index contributed by atoms with van der Waals surface area (Å²) in [6, 6.07) is 12.8. The summed E-state index contributed by atoms with van der Waals surface area (Å²) in [6.45, 7) is 2.54. The number of nitrogens with one attached hydrogen (secondary N) is 1. The van der Waals surface area contributed by atoms with Crippen molar-refractivity contribution in [2.75, 3.05) is 18.5 Å². The van der Waals surface area contributed by atoms with Crippen LogP contribution in [0.25, 0.3) is 11.3 Å². The standard InChI is InChI=1S/C21H21N3O3S2/c1-14-23-19(13-28-14)16-5-3-15(4-6-16)11-21(25)24-10-9-17-12-18(7-8-20(17)24)29(26,27)22-2/h3-8,12-13,22H,9-11H2,1-2H3. The lowest BCUT2D eigenvalue weighted by Crippen LogP contribution is -2.30. The van der Waals surface area contributed by atoms with E-state index >= 15 is 0 Å². The van der Waals surface area contributed by atoms with E-state index in [1.807, 2.05) is 36.6 Å². The molecule has 150 valence electrons. The number of aryl methyl sites for hydroxylation is 1. The molecule has 0 aliphatic carbocycles. The smallest absolute Gasteiger partial charge is 0.240 e. The maximum atomic E-state index is 12.9. The van der Waals surface area contributed by atoms with Crippen LogP contribution < -0.4 is 9.62 Å². The number of carbonyl (C=O) groups excluding carboxylic acids is 1. The summed E-state index contributed by atoms with van der Waals surface area (Å²) in [6.07, 6.45) is 0.947. The van der Waals surface area contributed by atoms with Gasteiger partial charge in [0.1, 0.15) is 0 Å². The molecule has 1 N–H and O–H groups in total. The normalized spacial score (nSPS) is 13.5. The molecule has 2 aromatic carbocycles. The number of sulfonamides is 1. The molecule has 0 fully saturated rings. The number of rotatable bonds is 5. The van der Waals surface area contributed by atoms with Crippen LogP contribution in [0, 0.1) is 6.92 Å². The maximum absolute atomic E-state index is 12.9. The summed E-state index contributed by atoms with van der Waals surface area (Å²) in [5.41, 5.74) is 4.60. The van der Waals surface area contributed by atoms with Crippen LogP contribution in [0.2, 0.25) is 0 Å². The Balaban J connectivity index is 1.49. The highest BCUT2D eigenvalue weighted by Crippen LogP contribution is 2.31. The van der Waals surface area contributed by atoms with E-state index in [-0.39, 0.29) is 10.8 Å². The van der Waals surface area contributed by atoms with Gasteiger partial charge in [-0.1, -0.05) is 24.3 Å². The fourth-order valence-corrected chi connectivity index (χ4v) is 4.88. The molecule has 2 heterocycles. The molecule has 1 aliphatic rings. The van der Waals surface area contributed by atoms with Crippen molar-refractivity contribution in [2.24, 2.45) is 0 Å². The second-order valence-electron chi connectivity index (χ2n) is 6.92. The number of benzene rings is 2. The van der Waals surface area contributed by atoms with E-state index < -0.39 is 10.0 Å². The van der Waals surface area contributed by atoms with Crippen molar-refractivity contribution in [1.82, 2.24) is 9.71 Å². The molecule has 1 amide bonds. The molecule has 8 heteroatoms. The number of fused-ring (bicyclic) bond motifs is 1. The highest BCUT2D eigenvalue weighted by atomic mass is 32.2. The van der Waals surface area contributed by atoms with E-state index in [4.69, 9.17) is 0 Å². The molecule has 1 aliphatic heterocycles. The average Bonchev–Trinajstić information content (AvgIpc) is 3.34. The summed E-state index contributed by atoms with van der Waals surface area (Å²) in [5, 5.41) is 3.05. The third-order valence-corrected chi connectivity index (χ3v) is 7.24. The fourth-order valence-electron chi connectivity index (χ4n) is 3.48. The van der Waals surface area contributed by atoms with Gasteiger partial charge in [-0.25, -0.2) is 18.1 Å². The Morgan fingerprint density at radius 2 is 1.97 bits per heavy atom. The van der Waals surface area contributed by atoms with Crippen molar-refractivity contribution in [3.05, 3.63) is 64.0 Å². The van der Waals surface area contributed by atoms with Gasteiger partial charge < -0.3 is 4.90 Å². The molecule has 29 heavy (non-hydrogen) atoms. The molecule has 0 bridgehead atoms. The minimum Gasteiger partial charge on any atom is -0.312 e. The Morgan fingerprint density at radius 1 is 1.21 bits per heavy atom. The van der Waals surface area contributed by atoms with Gasteiger partial charge >= 0.3 is 0 Å². The van der Waals surface area contributed by atoms with Gasteiger partial charge in [0.2, 0.25) is 15.9 Å². The lowest BCUT2D eigenvalue weighted by atomic mass is 10.1. The van der Waals surface area contributed by atoms with Crippen molar-refractivity contribution in [2.45, 2.75) is 24.7 Å². The van der Waals surface area contributed by atoms with E-state index in [0.717, 1.165) is 33.1 Å². The largest absolute Gasteiger partial charge is 0.312 e. The Bertz CT molecular complexity index is 1170. The highest BCUT2D eigenvalue weighted by molar-refractivity contribution is 7.89. The molecule has 1 aromatic heterocycles. The van der Waals surface area contributed by atoms with Crippen molar-refractivity contribution >= 4 is 33.0 Å². The van der Waals surface area contributed by atoms with Crippen molar-refractivity contribution in [1.29, 1.82) is 0 Å². The summed E-state index contributed by atoms with van der Waals surface area (Å²) in [4.78, 5) is 19.3. The Kier molecular flexibility index (Phi) is 5.24.